The second-order valence-electron chi connectivity index (χ2n) is 8.94. The Balaban J connectivity index is 1.54. The average Bonchev–Trinajstić information content (AvgIpc) is 3.10. The number of amides is 1. The van der Waals surface area contributed by atoms with Crippen LogP contribution >= 0.6 is 15.9 Å². The number of aromatic nitrogens is 2. The van der Waals surface area contributed by atoms with E-state index in [2.05, 4.69) is 36.5 Å². The minimum Gasteiger partial charge on any atom is -0.456 e. The van der Waals surface area contributed by atoms with Crippen LogP contribution < -0.4 is 9.64 Å². The lowest BCUT2D eigenvalue weighted by atomic mass is 10.1. The van der Waals surface area contributed by atoms with E-state index in [1.165, 1.54) is 0 Å². The third-order valence-electron chi connectivity index (χ3n) is 6.74. The minimum atomic E-state index is 0.0676. The van der Waals surface area contributed by atoms with Gasteiger partial charge in [0.25, 0.3) is 0 Å². The topological polar surface area (TPSA) is 74.4 Å². The van der Waals surface area contributed by atoms with Crippen molar-refractivity contribution in [2.24, 2.45) is 0 Å². The molecule has 1 saturated heterocycles. The highest BCUT2D eigenvalue weighted by Crippen LogP contribution is 2.35. The van der Waals surface area contributed by atoms with Crippen LogP contribution in [0.1, 0.15) is 22.6 Å². The zero-order valence-corrected chi connectivity index (χ0v) is 20.7. The number of halogens is 1. The number of rotatable bonds is 0. The van der Waals surface area contributed by atoms with Crippen LogP contribution in [0.15, 0.2) is 59.2 Å². The normalized spacial score (nSPS) is 17.3. The SMILES string of the molecule is Cc1nc(Br)c2n1Cc1ccc(C#N)c(c1)Oc1ccc3cccc(c3c1)N1CCN(CC1=O)C2. The lowest BCUT2D eigenvalue weighted by Gasteiger charge is -2.35. The number of benzene rings is 3. The smallest absolute Gasteiger partial charge is 0.241 e. The van der Waals surface area contributed by atoms with Crippen LogP contribution in [-0.2, 0) is 17.9 Å². The molecule has 35 heavy (non-hydrogen) atoms. The van der Waals surface area contributed by atoms with Crippen LogP contribution in [-0.4, -0.2) is 40.0 Å². The molecule has 1 unspecified atom stereocenters. The van der Waals surface area contributed by atoms with Gasteiger partial charge >= 0.3 is 0 Å². The molecule has 3 aliphatic heterocycles. The Kier molecular flexibility index (Phi) is 5.32. The second-order valence-corrected chi connectivity index (χ2v) is 9.69. The fourth-order valence-electron chi connectivity index (χ4n) is 4.94. The van der Waals surface area contributed by atoms with Crippen molar-refractivity contribution in [2.45, 2.75) is 20.0 Å². The maximum Gasteiger partial charge on any atom is 0.241 e. The summed E-state index contributed by atoms with van der Waals surface area (Å²) < 4.78 is 9.20. The number of nitriles is 1. The number of hydrogen-bond donors (Lipinski definition) is 0. The number of nitrogens with zero attached hydrogens (tertiary/aromatic N) is 5. The van der Waals surface area contributed by atoms with Crippen molar-refractivity contribution in [3.8, 4) is 17.6 Å². The first-order valence-electron chi connectivity index (χ1n) is 11.5. The average molecular weight is 528 g/mol. The molecular formula is C27H22BrN5O2. The van der Waals surface area contributed by atoms with Gasteiger partial charge in [-0.1, -0.05) is 24.3 Å². The van der Waals surface area contributed by atoms with Crippen molar-refractivity contribution in [1.82, 2.24) is 14.5 Å². The number of carbonyl (C=O) groups excluding carboxylic acids is 1. The van der Waals surface area contributed by atoms with E-state index in [4.69, 9.17) is 4.74 Å². The quantitative estimate of drug-likeness (QED) is 0.322. The largest absolute Gasteiger partial charge is 0.456 e. The van der Waals surface area contributed by atoms with Gasteiger partial charge in [-0.3, -0.25) is 9.69 Å². The maximum atomic E-state index is 13.3. The molecule has 7 nitrogen and oxygen atoms in total. The molecule has 0 spiro atoms. The summed E-state index contributed by atoms with van der Waals surface area (Å²) in [7, 11) is 0. The van der Waals surface area contributed by atoms with E-state index < -0.39 is 0 Å². The predicted octanol–water partition coefficient (Wildman–Crippen LogP) is 4.98. The summed E-state index contributed by atoms with van der Waals surface area (Å²) >= 11 is 3.63. The standard InChI is InChI=1S/C27H22BrN5O2/c1-17-30-27(28)24-15-31-9-10-32(26(34)16-31)23-4-2-3-19-7-8-21(12-22(19)23)35-25-11-18(14-33(17)24)5-6-20(25)13-29/h2-8,11-12H,9-10,14-16H2,1H3. The number of fused-ring (bicyclic) bond motifs is 2. The number of imidazole rings is 1. The van der Waals surface area contributed by atoms with E-state index in [0.29, 0.717) is 43.2 Å². The number of piperazine rings is 1. The van der Waals surface area contributed by atoms with Gasteiger partial charge in [-0.05, 0) is 64.1 Å². The Morgan fingerprint density at radius 2 is 1.94 bits per heavy atom. The van der Waals surface area contributed by atoms with E-state index in [-0.39, 0.29) is 5.91 Å². The minimum absolute atomic E-state index is 0.0676. The summed E-state index contributed by atoms with van der Waals surface area (Å²) in [6.45, 7) is 4.87. The molecule has 174 valence electrons. The highest BCUT2D eigenvalue weighted by Gasteiger charge is 2.28. The third-order valence-corrected chi connectivity index (χ3v) is 7.38. The van der Waals surface area contributed by atoms with Crippen LogP contribution in [0.2, 0.25) is 0 Å². The van der Waals surface area contributed by atoms with E-state index in [1.54, 1.807) is 6.07 Å². The summed E-state index contributed by atoms with van der Waals surface area (Å²) in [5, 5.41) is 11.7. The van der Waals surface area contributed by atoms with Crippen molar-refractivity contribution in [3.05, 3.63) is 81.8 Å². The number of ether oxygens (including phenoxy) is 1. The van der Waals surface area contributed by atoms with Crippen LogP contribution in [0, 0.1) is 18.3 Å². The molecule has 1 atom stereocenters. The maximum absolute atomic E-state index is 13.3. The predicted molar refractivity (Wildman–Crippen MR) is 137 cm³/mol. The van der Waals surface area contributed by atoms with Gasteiger partial charge in [-0.2, -0.15) is 5.26 Å². The van der Waals surface area contributed by atoms with Gasteiger partial charge in [-0.25, -0.2) is 4.98 Å². The molecule has 4 heterocycles. The summed E-state index contributed by atoms with van der Waals surface area (Å²) in [4.78, 5) is 22.0. The van der Waals surface area contributed by atoms with Gasteiger partial charge in [0.05, 0.1) is 23.5 Å². The fourth-order valence-corrected chi connectivity index (χ4v) is 5.54. The van der Waals surface area contributed by atoms with Gasteiger partial charge in [0.2, 0.25) is 5.91 Å². The summed E-state index contributed by atoms with van der Waals surface area (Å²) in [5.74, 6) is 2.08. The molecule has 8 heteroatoms. The lowest BCUT2D eigenvalue weighted by molar-refractivity contribution is -0.121. The van der Waals surface area contributed by atoms with Crippen LogP contribution in [0.5, 0.6) is 11.5 Å². The summed E-state index contributed by atoms with van der Waals surface area (Å²) in [6, 6.07) is 19.8. The highest BCUT2D eigenvalue weighted by atomic mass is 79.9. The van der Waals surface area contributed by atoms with E-state index in [1.807, 2.05) is 60.4 Å². The zero-order valence-electron chi connectivity index (χ0n) is 19.2. The molecule has 7 rings (SSSR count). The fraction of sp³-hybridized carbons (Fsp3) is 0.222. The first kappa shape index (κ1) is 21.8. The molecule has 0 N–H and O–H groups in total. The first-order valence-corrected chi connectivity index (χ1v) is 12.3. The molecule has 0 saturated carbocycles. The van der Waals surface area contributed by atoms with E-state index in [0.717, 1.165) is 44.7 Å². The van der Waals surface area contributed by atoms with Crippen LogP contribution in [0.3, 0.4) is 0 Å². The number of aryl methyl sites for hydroxylation is 1. The molecule has 1 amide bonds. The van der Waals surface area contributed by atoms with E-state index in [9.17, 15) is 10.1 Å². The third kappa shape index (κ3) is 3.87. The van der Waals surface area contributed by atoms with Crippen LogP contribution in [0.25, 0.3) is 10.8 Å². The first-order chi connectivity index (χ1) is 17.0. The Bertz CT molecular complexity index is 1540. The number of anilines is 1. The molecule has 1 aromatic heterocycles. The summed E-state index contributed by atoms with van der Waals surface area (Å²) in [5.41, 5.74) is 3.37. The van der Waals surface area contributed by atoms with E-state index >= 15 is 0 Å². The molecule has 4 aromatic rings. The molecule has 1 fully saturated rings. The molecular weight excluding hydrogens is 506 g/mol. The number of carbonyl (C=O) groups is 1. The van der Waals surface area contributed by atoms with Gasteiger partial charge in [0, 0.05) is 31.6 Å². The van der Waals surface area contributed by atoms with Crippen molar-refractivity contribution >= 4 is 38.3 Å². The molecule has 0 aliphatic carbocycles. The van der Waals surface area contributed by atoms with Crippen molar-refractivity contribution < 1.29 is 9.53 Å². The Hall–Kier alpha value is -3.67. The monoisotopic (exact) mass is 527 g/mol. The molecule has 3 aromatic carbocycles. The summed E-state index contributed by atoms with van der Waals surface area (Å²) in [6.07, 6.45) is 0. The van der Waals surface area contributed by atoms with Gasteiger partial charge < -0.3 is 14.2 Å². The van der Waals surface area contributed by atoms with Gasteiger partial charge in [0.15, 0.2) is 0 Å². The van der Waals surface area contributed by atoms with Gasteiger partial charge in [-0.15, -0.1) is 0 Å². The van der Waals surface area contributed by atoms with Crippen molar-refractivity contribution in [3.63, 3.8) is 0 Å². The Morgan fingerprint density at radius 1 is 1.06 bits per heavy atom. The highest BCUT2D eigenvalue weighted by molar-refractivity contribution is 9.10. The molecule has 0 radical (unpaired) electrons. The number of hydrogen-bond acceptors (Lipinski definition) is 5. The Labute approximate surface area is 211 Å². The zero-order chi connectivity index (χ0) is 24.1. The molecule has 6 bridgehead atoms. The second kappa shape index (κ2) is 8.52. The van der Waals surface area contributed by atoms with Gasteiger partial charge in [0.1, 0.15) is 28.0 Å². The van der Waals surface area contributed by atoms with Crippen LogP contribution in [0.4, 0.5) is 5.69 Å². The van der Waals surface area contributed by atoms with Crippen molar-refractivity contribution in [2.75, 3.05) is 24.5 Å². The van der Waals surface area contributed by atoms with Crippen molar-refractivity contribution in [1.29, 1.82) is 5.26 Å². The Morgan fingerprint density at radius 3 is 2.77 bits per heavy atom. The lowest BCUT2D eigenvalue weighted by Crippen LogP contribution is -2.50. The molecule has 3 aliphatic rings.